The molecule has 1 heterocycles. The lowest BCUT2D eigenvalue weighted by Gasteiger charge is -1.98. The minimum absolute atomic E-state index is 0.168. The Morgan fingerprint density at radius 2 is 2.33 bits per heavy atom. The van der Waals surface area contributed by atoms with Gasteiger partial charge in [0.25, 0.3) is 0 Å². The van der Waals surface area contributed by atoms with Crippen molar-refractivity contribution in [1.82, 2.24) is 0 Å². The van der Waals surface area contributed by atoms with Crippen LogP contribution in [0.2, 0.25) is 0 Å². The Morgan fingerprint density at radius 3 is 2.75 bits per heavy atom. The van der Waals surface area contributed by atoms with E-state index in [4.69, 9.17) is 0 Å². The minimum Gasteiger partial charge on any atom is -0.246 e. The summed E-state index contributed by atoms with van der Waals surface area (Å²) in [7, 11) is -3.23. The lowest BCUT2D eigenvalue weighted by molar-refractivity contribution is 0.615. The first-order valence-electron chi connectivity index (χ1n) is 3.34. The van der Waals surface area contributed by atoms with Gasteiger partial charge in [-0.3, -0.25) is 0 Å². The van der Waals surface area contributed by atoms with Crippen molar-refractivity contribution in [3.8, 4) is 0 Å². The van der Waals surface area contributed by atoms with E-state index in [-0.39, 0.29) is 8.86 Å². The lowest BCUT2D eigenvalue weighted by atomic mass is 10.8. The van der Waals surface area contributed by atoms with E-state index < -0.39 is 9.84 Å². The Labute approximate surface area is 84.4 Å². The van der Waals surface area contributed by atoms with Gasteiger partial charge in [-0.15, -0.1) is 0 Å². The highest BCUT2D eigenvalue weighted by Crippen LogP contribution is 2.24. The predicted molar refractivity (Wildman–Crippen MR) is 56.4 cm³/mol. The van der Waals surface area contributed by atoms with Gasteiger partial charge >= 0.3 is 0 Å². The molecule has 12 heavy (non-hydrogen) atoms. The molecule has 0 aromatic rings. The number of aliphatic imine (C=N–C) groups is 1. The molecule has 1 aliphatic rings. The minimum atomic E-state index is -3.23. The number of nitrogens with zero attached hydrogens (tertiary/aromatic N) is 1. The Kier molecular flexibility index (Phi) is 3.37. The SMILES string of the molecule is CCSCC1=NC=C(Br)S1(=O)=O. The summed E-state index contributed by atoms with van der Waals surface area (Å²) in [6, 6.07) is 0. The van der Waals surface area contributed by atoms with Crippen molar-refractivity contribution in [3.05, 3.63) is 10.0 Å². The standard InChI is InChI=1S/C6H8BrNO2S2/c1-2-11-4-6-8-3-5(7)12(6,9)10/h3H,2,4H2,1H3. The average Bonchev–Trinajstić information content (AvgIpc) is 2.25. The molecule has 0 atom stereocenters. The van der Waals surface area contributed by atoms with Crippen molar-refractivity contribution in [1.29, 1.82) is 0 Å². The van der Waals surface area contributed by atoms with Crippen molar-refractivity contribution in [2.75, 3.05) is 11.5 Å². The van der Waals surface area contributed by atoms with Crippen molar-refractivity contribution in [2.24, 2.45) is 4.99 Å². The number of halogens is 1. The maximum absolute atomic E-state index is 11.3. The van der Waals surface area contributed by atoms with Crippen LogP contribution in [0.15, 0.2) is 15.0 Å². The van der Waals surface area contributed by atoms with E-state index in [0.29, 0.717) is 5.75 Å². The maximum atomic E-state index is 11.3. The van der Waals surface area contributed by atoms with Gasteiger partial charge in [0.15, 0.2) is 0 Å². The zero-order valence-electron chi connectivity index (χ0n) is 6.45. The molecule has 0 aliphatic carbocycles. The van der Waals surface area contributed by atoms with Gasteiger partial charge in [0.1, 0.15) is 8.86 Å². The summed E-state index contributed by atoms with van der Waals surface area (Å²) in [4.78, 5) is 3.81. The molecular weight excluding hydrogens is 262 g/mol. The Bertz CT molecular complexity index is 331. The van der Waals surface area contributed by atoms with Gasteiger partial charge in [-0.25, -0.2) is 13.4 Å². The van der Waals surface area contributed by atoms with Crippen molar-refractivity contribution in [3.63, 3.8) is 0 Å². The molecule has 0 bridgehead atoms. The second-order valence-corrected chi connectivity index (χ2v) is 6.67. The van der Waals surface area contributed by atoms with Crippen LogP contribution in [0.5, 0.6) is 0 Å². The Balaban J connectivity index is 2.74. The van der Waals surface area contributed by atoms with Crippen LogP contribution in [-0.4, -0.2) is 25.0 Å². The number of thioether (sulfide) groups is 1. The first-order chi connectivity index (χ1) is 5.59. The molecule has 0 N–H and O–H groups in total. The molecule has 6 heteroatoms. The van der Waals surface area contributed by atoms with Crippen LogP contribution in [0, 0.1) is 0 Å². The summed E-state index contributed by atoms with van der Waals surface area (Å²) in [5.41, 5.74) is 0. The fourth-order valence-electron chi connectivity index (χ4n) is 0.678. The van der Waals surface area contributed by atoms with Crippen LogP contribution < -0.4 is 0 Å². The molecule has 68 valence electrons. The first kappa shape index (κ1) is 10.3. The van der Waals surface area contributed by atoms with Crippen LogP contribution in [0.1, 0.15) is 6.92 Å². The van der Waals surface area contributed by atoms with Gasteiger partial charge in [0, 0.05) is 5.75 Å². The van der Waals surface area contributed by atoms with E-state index in [0.717, 1.165) is 5.75 Å². The molecule has 0 saturated carbocycles. The predicted octanol–water partition coefficient (Wildman–Crippen LogP) is 1.76. The maximum Gasteiger partial charge on any atom is 0.228 e. The van der Waals surface area contributed by atoms with Crippen molar-refractivity contribution < 1.29 is 8.42 Å². The first-order valence-corrected chi connectivity index (χ1v) is 6.77. The smallest absolute Gasteiger partial charge is 0.228 e. The Hall–Kier alpha value is 0.190. The van der Waals surface area contributed by atoms with Crippen LogP contribution in [0.25, 0.3) is 0 Å². The number of hydrogen-bond donors (Lipinski definition) is 0. The van der Waals surface area contributed by atoms with Gasteiger partial charge in [0.05, 0.1) is 6.20 Å². The number of sulfone groups is 1. The zero-order valence-corrected chi connectivity index (χ0v) is 9.67. The Morgan fingerprint density at radius 1 is 1.67 bits per heavy atom. The topological polar surface area (TPSA) is 46.5 Å². The highest BCUT2D eigenvalue weighted by Gasteiger charge is 2.26. The van der Waals surface area contributed by atoms with Gasteiger partial charge in [0.2, 0.25) is 9.84 Å². The van der Waals surface area contributed by atoms with E-state index in [1.54, 1.807) is 11.8 Å². The molecule has 0 aromatic carbocycles. The van der Waals surface area contributed by atoms with E-state index >= 15 is 0 Å². The van der Waals surface area contributed by atoms with Crippen LogP contribution in [-0.2, 0) is 9.84 Å². The summed E-state index contributed by atoms with van der Waals surface area (Å²) in [5, 5.41) is 0.251. The molecule has 0 radical (unpaired) electrons. The van der Waals surface area contributed by atoms with Crippen LogP contribution in [0.4, 0.5) is 0 Å². The van der Waals surface area contributed by atoms with E-state index in [1.165, 1.54) is 6.20 Å². The summed E-state index contributed by atoms with van der Waals surface area (Å²) >= 11 is 4.49. The highest BCUT2D eigenvalue weighted by atomic mass is 79.9. The van der Waals surface area contributed by atoms with Crippen molar-refractivity contribution >= 4 is 42.6 Å². The molecule has 0 saturated heterocycles. The second kappa shape index (κ2) is 3.93. The molecule has 0 unspecified atom stereocenters. The fourth-order valence-corrected chi connectivity index (χ4v) is 3.27. The summed E-state index contributed by atoms with van der Waals surface area (Å²) < 4.78 is 22.8. The number of rotatable bonds is 3. The summed E-state index contributed by atoms with van der Waals surface area (Å²) in [6.07, 6.45) is 1.33. The second-order valence-electron chi connectivity index (χ2n) is 2.10. The normalized spacial score (nSPS) is 20.5. The summed E-state index contributed by atoms with van der Waals surface area (Å²) in [5.74, 6) is 1.36. The molecule has 3 nitrogen and oxygen atoms in total. The van der Waals surface area contributed by atoms with E-state index in [9.17, 15) is 8.42 Å². The third-order valence-electron chi connectivity index (χ3n) is 1.31. The summed E-state index contributed by atoms with van der Waals surface area (Å²) in [6.45, 7) is 1.98. The van der Waals surface area contributed by atoms with Gasteiger partial charge in [-0.2, -0.15) is 11.8 Å². The molecule has 1 rings (SSSR count). The van der Waals surface area contributed by atoms with Crippen LogP contribution in [0.3, 0.4) is 0 Å². The molecule has 0 spiro atoms. The molecular formula is C6H8BrNO2S2. The third kappa shape index (κ3) is 1.92. The molecule has 1 aliphatic heterocycles. The average molecular weight is 270 g/mol. The van der Waals surface area contributed by atoms with Gasteiger partial charge < -0.3 is 0 Å². The fraction of sp³-hybridized carbons (Fsp3) is 0.500. The molecule has 0 aromatic heterocycles. The molecule has 0 fully saturated rings. The van der Waals surface area contributed by atoms with Crippen LogP contribution >= 0.6 is 27.7 Å². The van der Waals surface area contributed by atoms with Crippen molar-refractivity contribution in [2.45, 2.75) is 6.92 Å². The highest BCUT2D eigenvalue weighted by molar-refractivity contribution is 9.14. The van der Waals surface area contributed by atoms with E-state index in [1.807, 2.05) is 6.92 Å². The quantitative estimate of drug-likeness (QED) is 0.785. The lowest BCUT2D eigenvalue weighted by Crippen LogP contribution is -2.13. The monoisotopic (exact) mass is 269 g/mol. The van der Waals surface area contributed by atoms with E-state index in [2.05, 4.69) is 20.9 Å². The van der Waals surface area contributed by atoms with Gasteiger partial charge in [-0.05, 0) is 21.7 Å². The largest absolute Gasteiger partial charge is 0.246 e. The van der Waals surface area contributed by atoms with Gasteiger partial charge in [-0.1, -0.05) is 6.92 Å². The number of hydrogen-bond acceptors (Lipinski definition) is 4. The third-order valence-corrected chi connectivity index (χ3v) is 5.35. The zero-order chi connectivity index (χ0) is 9.19. The molecule has 0 amide bonds.